The number of ether oxygens (including phenoxy) is 2. The molecule has 0 unspecified atom stereocenters. The van der Waals surface area contributed by atoms with E-state index in [1.807, 2.05) is 20.8 Å². The van der Waals surface area contributed by atoms with Gasteiger partial charge in [0.05, 0.1) is 10.8 Å². The molecule has 0 bridgehead atoms. The second-order valence-corrected chi connectivity index (χ2v) is 4.82. The Kier molecular flexibility index (Phi) is 6.55. The summed E-state index contributed by atoms with van der Waals surface area (Å²) < 4.78 is 11.0. The molecular weight excluding hydrogens is 234 g/mol. The monoisotopic (exact) mass is 255 g/mol. The van der Waals surface area contributed by atoms with Gasteiger partial charge in [-0.15, -0.1) is 11.8 Å². The Morgan fingerprint density at radius 1 is 1.18 bits per heavy atom. The smallest absolute Gasteiger partial charge is 0.166 e. The van der Waals surface area contributed by atoms with Crippen molar-refractivity contribution in [1.29, 1.82) is 0 Å². The first-order chi connectivity index (χ1) is 8.15. The Hall–Kier alpha value is -0.580. The lowest BCUT2D eigenvalue weighted by Crippen LogP contribution is -2.20. The highest BCUT2D eigenvalue weighted by molar-refractivity contribution is 7.99. The van der Waals surface area contributed by atoms with Crippen molar-refractivity contribution in [2.75, 3.05) is 19.0 Å². The van der Waals surface area contributed by atoms with Crippen LogP contribution in [0.15, 0.2) is 17.2 Å². The lowest BCUT2D eigenvalue weighted by atomic mass is 10.3. The summed E-state index contributed by atoms with van der Waals surface area (Å²) in [7, 11) is 0. The van der Waals surface area contributed by atoms with E-state index in [1.54, 1.807) is 11.8 Å². The van der Waals surface area contributed by atoms with Crippen LogP contribution < -0.4 is 0 Å². The third-order valence-corrected chi connectivity index (χ3v) is 3.09. The van der Waals surface area contributed by atoms with Crippen molar-refractivity contribution >= 4 is 11.8 Å². The first-order valence-electron chi connectivity index (χ1n) is 5.97. The Morgan fingerprint density at radius 3 is 2.35 bits per heavy atom. The molecule has 0 N–H and O–H groups in total. The molecule has 0 saturated carbocycles. The van der Waals surface area contributed by atoms with E-state index in [0.29, 0.717) is 13.2 Å². The number of pyridine rings is 1. The molecule has 0 amide bonds. The third-order valence-electron chi connectivity index (χ3n) is 2.15. The molecule has 0 saturated heterocycles. The molecular formula is C13H21NO2S. The molecule has 4 heteroatoms. The average molecular weight is 255 g/mol. The van der Waals surface area contributed by atoms with Crippen molar-refractivity contribution < 1.29 is 9.47 Å². The molecule has 0 fully saturated rings. The van der Waals surface area contributed by atoms with Gasteiger partial charge in [0, 0.05) is 18.9 Å². The van der Waals surface area contributed by atoms with Gasteiger partial charge in [-0.1, -0.05) is 0 Å². The topological polar surface area (TPSA) is 31.4 Å². The highest BCUT2D eigenvalue weighted by Gasteiger charge is 2.09. The van der Waals surface area contributed by atoms with Gasteiger partial charge in [0.15, 0.2) is 6.29 Å². The molecule has 1 rings (SSSR count). The third kappa shape index (κ3) is 5.52. The maximum absolute atomic E-state index is 5.49. The summed E-state index contributed by atoms with van der Waals surface area (Å²) in [5.74, 6) is 0.775. The number of aryl methyl sites for hydroxylation is 2. The Labute approximate surface area is 108 Å². The van der Waals surface area contributed by atoms with Crippen molar-refractivity contribution in [2.24, 2.45) is 0 Å². The molecule has 1 heterocycles. The van der Waals surface area contributed by atoms with Crippen molar-refractivity contribution in [3.05, 3.63) is 23.4 Å². The highest BCUT2D eigenvalue weighted by Crippen LogP contribution is 2.19. The Morgan fingerprint density at radius 2 is 1.82 bits per heavy atom. The number of nitrogens with zero attached hydrogens (tertiary/aromatic N) is 1. The van der Waals surface area contributed by atoms with Gasteiger partial charge >= 0.3 is 0 Å². The summed E-state index contributed by atoms with van der Waals surface area (Å²) in [5.41, 5.74) is 2.29. The van der Waals surface area contributed by atoms with E-state index in [9.17, 15) is 0 Å². The molecule has 0 aliphatic carbocycles. The molecule has 96 valence electrons. The zero-order chi connectivity index (χ0) is 12.7. The number of hydrogen-bond donors (Lipinski definition) is 0. The predicted octanol–water partition coefficient (Wildman–Crippen LogP) is 3.19. The van der Waals surface area contributed by atoms with E-state index in [1.165, 1.54) is 5.56 Å². The van der Waals surface area contributed by atoms with Crippen LogP contribution in [0.2, 0.25) is 0 Å². The van der Waals surface area contributed by atoms with Gasteiger partial charge in [0.25, 0.3) is 0 Å². The second kappa shape index (κ2) is 7.69. The van der Waals surface area contributed by atoms with Crippen LogP contribution in [-0.2, 0) is 9.47 Å². The number of hydrogen-bond acceptors (Lipinski definition) is 4. The summed E-state index contributed by atoms with van der Waals surface area (Å²) in [5, 5.41) is 1.03. The quantitative estimate of drug-likeness (QED) is 0.553. The fraction of sp³-hybridized carbons (Fsp3) is 0.615. The largest absolute Gasteiger partial charge is 0.352 e. The minimum atomic E-state index is -0.141. The first kappa shape index (κ1) is 14.5. The molecule has 3 nitrogen and oxygen atoms in total. The van der Waals surface area contributed by atoms with Gasteiger partial charge in [-0.05, 0) is 45.4 Å². The zero-order valence-electron chi connectivity index (χ0n) is 11.0. The summed E-state index contributed by atoms with van der Waals surface area (Å²) >= 11 is 1.68. The summed E-state index contributed by atoms with van der Waals surface area (Å²) in [6, 6.07) is 4.17. The van der Waals surface area contributed by atoms with E-state index < -0.39 is 0 Å². The van der Waals surface area contributed by atoms with E-state index in [2.05, 4.69) is 24.0 Å². The molecule has 0 aliphatic rings. The van der Waals surface area contributed by atoms with Crippen LogP contribution in [0.1, 0.15) is 25.1 Å². The van der Waals surface area contributed by atoms with Crippen LogP contribution in [0.4, 0.5) is 0 Å². The molecule has 1 aromatic rings. The van der Waals surface area contributed by atoms with E-state index >= 15 is 0 Å². The minimum absolute atomic E-state index is 0.141. The second-order valence-electron chi connectivity index (χ2n) is 3.78. The van der Waals surface area contributed by atoms with Crippen LogP contribution in [0.3, 0.4) is 0 Å². The summed E-state index contributed by atoms with van der Waals surface area (Å²) in [4.78, 5) is 4.48. The van der Waals surface area contributed by atoms with Crippen LogP contribution >= 0.6 is 11.8 Å². The van der Waals surface area contributed by atoms with E-state index in [4.69, 9.17) is 9.47 Å². The van der Waals surface area contributed by atoms with E-state index in [0.717, 1.165) is 16.5 Å². The van der Waals surface area contributed by atoms with Crippen molar-refractivity contribution in [3.63, 3.8) is 0 Å². The van der Waals surface area contributed by atoms with Crippen LogP contribution in [0, 0.1) is 13.8 Å². The summed E-state index contributed by atoms with van der Waals surface area (Å²) in [6.45, 7) is 9.40. The van der Waals surface area contributed by atoms with Gasteiger partial charge in [-0.3, -0.25) is 0 Å². The van der Waals surface area contributed by atoms with E-state index in [-0.39, 0.29) is 6.29 Å². The number of rotatable bonds is 7. The maximum Gasteiger partial charge on any atom is 0.166 e. The van der Waals surface area contributed by atoms with Gasteiger partial charge < -0.3 is 9.47 Å². The Bertz CT molecular complexity index is 318. The molecule has 17 heavy (non-hydrogen) atoms. The lowest BCUT2D eigenvalue weighted by Gasteiger charge is -2.16. The van der Waals surface area contributed by atoms with Gasteiger partial charge in [0.1, 0.15) is 0 Å². The molecule has 0 spiro atoms. The van der Waals surface area contributed by atoms with Crippen molar-refractivity contribution in [3.8, 4) is 0 Å². The molecule has 0 atom stereocenters. The van der Waals surface area contributed by atoms with Crippen LogP contribution in [-0.4, -0.2) is 30.2 Å². The minimum Gasteiger partial charge on any atom is -0.352 e. The molecule has 0 radical (unpaired) electrons. The lowest BCUT2D eigenvalue weighted by molar-refractivity contribution is -0.120. The Balaban J connectivity index is 2.52. The van der Waals surface area contributed by atoms with Gasteiger partial charge in [-0.25, -0.2) is 4.98 Å². The fourth-order valence-electron chi connectivity index (χ4n) is 1.55. The number of thioether (sulfide) groups is 1. The van der Waals surface area contributed by atoms with Crippen LogP contribution in [0.5, 0.6) is 0 Å². The predicted molar refractivity (Wildman–Crippen MR) is 71.5 cm³/mol. The normalized spacial score (nSPS) is 11.1. The van der Waals surface area contributed by atoms with Gasteiger partial charge in [-0.2, -0.15) is 0 Å². The van der Waals surface area contributed by atoms with Crippen LogP contribution in [0.25, 0.3) is 0 Å². The standard InChI is InChI=1S/C13H21NO2S/c1-5-15-13(16-6-2)9-17-12-8-10(3)7-11(4)14-12/h7-8,13H,5-6,9H2,1-4H3. The maximum atomic E-state index is 5.49. The summed E-state index contributed by atoms with van der Waals surface area (Å²) in [6.07, 6.45) is -0.141. The first-order valence-corrected chi connectivity index (χ1v) is 6.95. The van der Waals surface area contributed by atoms with Crippen molar-refractivity contribution in [1.82, 2.24) is 4.98 Å². The zero-order valence-corrected chi connectivity index (χ0v) is 11.8. The highest BCUT2D eigenvalue weighted by atomic mass is 32.2. The fourth-order valence-corrected chi connectivity index (χ4v) is 2.52. The van der Waals surface area contributed by atoms with Crippen molar-refractivity contribution in [2.45, 2.75) is 39.0 Å². The molecule has 1 aromatic heterocycles. The average Bonchev–Trinajstić information content (AvgIpc) is 2.25. The number of aromatic nitrogens is 1. The van der Waals surface area contributed by atoms with Gasteiger partial charge in [0.2, 0.25) is 0 Å². The molecule has 0 aliphatic heterocycles. The molecule has 0 aromatic carbocycles. The SMILES string of the molecule is CCOC(CSc1cc(C)cc(C)n1)OCC.